The highest BCUT2D eigenvalue weighted by atomic mass is 32.2. The Labute approximate surface area is 222 Å². The molecule has 37 heavy (non-hydrogen) atoms. The Kier molecular flexibility index (Phi) is 8.57. The van der Waals surface area contributed by atoms with E-state index >= 15 is 0 Å². The second-order valence-corrected chi connectivity index (χ2v) is 11.7. The summed E-state index contributed by atoms with van der Waals surface area (Å²) in [5.74, 6) is 0. The topological polar surface area (TPSA) is 72.9 Å². The lowest BCUT2D eigenvalue weighted by Gasteiger charge is -2.39. The van der Waals surface area contributed by atoms with Crippen LogP contribution in [-0.4, -0.2) is 44.6 Å². The standard InChI is InChI=1S/C30H39N3O3S/c1-5-6-9-25-12-14-26(15-13-25)31-37(35,36)27-16-11-23(3)28(21-27)30(34)33-19-17-32(18-20-33)29-10-7-8-22(2)24(29)4/h7-8,10-16,21,30-31,34H,5-6,9,17-20H2,1-4H3. The maximum absolute atomic E-state index is 13.2. The maximum atomic E-state index is 13.2. The van der Waals surface area contributed by atoms with Crippen LogP contribution in [0.15, 0.2) is 65.6 Å². The summed E-state index contributed by atoms with van der Waals surface area (Å²) in [6.07, 6.45) is 2.36. The summed E-state index contributed by atoms with van der Waals surface area (Å²) in [4.78, 5) is 4.52. The van der Waals surface area contributed by atoms with Crippen molar-refractivity contribution in [2.75, 3.05) is 35.8 Å². The SMILES string of the molecule is CCCCc1ccc(NS(=O)(=O)c2ccc(C)c(C(O)N3CCN(c4cccc(C)c4C)CC3)c2)cc1. The summed E-state index contributed by atoms with van der Waals surface area (Å²) in [7, 11) is -3.79. The van der Waals surface area contributed by atoms with Crippen molar-refractivity contribution in [3.05, 3.63) is 88.5 Å². The van der Waals surface area contributed by atoms with Crippen LogP contribution in [0.2, 0.25) is 0 Å². The first-order chi connectivity index (χ1) is 17.7. The molecule has 1 saturated heterocycles. The van der Waals surface area contributed by atoms with Gasteiger partial charge < -0.3 is 10.0 Å². The van der Waals surface area contributed by atoms with Crippen molar-refractivity contribution in [3.8, 4) is 0 Å². The number of aliphatic hydroxyl groups is 1. The van der Waals surface area contributed by atoms with Crippen molar-refractivity contribution >= 4 is 21.4 Å². The molecule has 1 fully saturated rings. The van der Waals surface area contributed by atoms with Crippen molar-refractivity contribution in [2.24, 2.45) is 0 Å². The number of unbranched alkanes of at least 4 members (excludes halogenated alkanes) is 1. The molecule has 1 aliphatic rings. The van der Waals surface area contributed by atoms with Crippen LogP contribution in [0.25, 0.3) is 0 Å². The molecule has 4 rings (SSSR count). The maximum Gasteiger partial charge on any atom is 0.261 e. The van der Waals surface area contributed by atoms with E-state index in [-0.39, 0.29) is 4.90 Å². The first-order valence-electron chi connectivity index (χ1n) is 13.1. The lowest BCUT2D eigenvalue weighted by molar-refractivity contribution is -0.00221. The van der Waals surface area contributed by atoms with Gasteiger partial charge in [-0.1, -0.05) is 43.7 Å². The molecule has 1 unspecified atom stereocenters. The monoisotopic (exact) mass is 521 g/mol. The predicted octanol–water partition coefficient (Wildman–Crippen LogP) is 5.57. The Morgan fingerprint density at radius 1 is 0.919 bits per heavy atom. The molecule has 0 amide bonds. The number of sulfonamides is 1. The Bertz CT molecular complexity index is 1310. The largest absolute Gasteiger partial charge is 0.374 e. The number of benzene rings is 3. The van der Waals surface area contributed by atoms with Gasteiger partial charge in [-0.2, -0.15) is 0 Å². The Morgan fingerprint density at radius 2 is 1.62 bits per heavy atom. The van der Waals surface area contributed by atoms with Gasteiger partial charge in [-0.05, 0) is 91.8 Å². The zero-order valence-electron chi connectivity index (χ0n) is 22.4. The Morgan fingerprint density at radius 3 is 2.30 bits per heavy atom. The molecule has 1 atom stereocenters. The molecule has 0 bridgehead atoms. The summed E-state index contributed by atoms with van der Waals surface area (Å²) in [6.45, 7) is 11.3. The molecule has 0 aliphatic carbocycles. The van der Waals surface area contributed by atoms with Crippen LogP contribution in [-0.2, 0) is 16.4 Å². The number of nitrogens with one attached hydrogen (secondary N) is 1. The molecule has 3 aromatic rings. The molecule has 0 aromatic heterocycles. The van der Waals surface area contributed by atoms with Gasteiger partial charge in [0.25, 0.3) is 10.0 Å². The third kappa shape index (κ3) is 6.35. The summed E-state index contributed by atoms with van der Waals surface area (Å²) in [5.41, 5.74) is 7.02. The quantitative estimate of drug-likeness (QED) is 0.385. The van der Waals surface area contributed by atoms with Gasteiger partial charge in [-0.25, -0.2) is 8.42 Å². The Hall–Kier alpha value is -2.87. The Balaban J connectivity index is 1.45. The molecule has 198 valence electrons. The number of anilines is 2. The fourth-order valence-electron chi connectivity index (χ4n) is 4.88. The van der Waals surface area contributed by atoms with Crippen LogP contribution in [0, 0.1) is 20.8 Å². The van der Waals surface area contributed by atoms with E-state index < -0.39 is 16.3 Å². The zero-order valence-corrected chi connectivity index (χ0v) is 23.2. The molecule has 7 heteroatoms. The number of piperazine rings is 1. The number of rotatable bonds is 9. The van der Waals surface area contributed by atoms with Gasteiger partial charge in [0.2, 0.25) is 0 Å². The molecule has 0 radical (unpaired) electrons. The van der Waals surface area contributed by atoms with E-state index in [1.807, 2.05) is 36.1 Å². The van der Waals surface area contributed by atoms with E-state index in [1.165, 1.54) is 22.4 Å². The smallest absolute Gasteiger partial charge is 0.261 e. The van der Waals surface area contributed by atoms with E-state index in [1.54, 1.807) is 18.2 Å². The summed E-state index contributed by atoms with van der Waals surface area (Å²) in [5, 5.41) is 11.3. The molecular formula is C30H39N3O3S. The second kappa shape index (κ2) is 11.7. The van der Waals surface area contributed by atoms with Crippen LogP contribution >= 0.6 is 0 Å². The molecule has 6 nitrogen and oxygen atoms in total. The molecule has 1 aliphatic heterocycles. The fourth-order valence-corrected chi connectivity index (χ4v) is 5.97. The first kappa shape index (κ1) is 27.2. The molecule has 0 saturated carbocycles. The summed E-state index contributed by atoms with van der Waals surface area (Å²) in [6, 6.07) is 18.9. The third-order valence-electron chi connectivity index (χ3n) is 7.44. The molecule has 3 aromatic carbocycles. The summed E-state index contributed by atoms with van der Waals surface area (Å²) < 4.78 is 29.0. The molecule has 1 heterocycles. The van der Waals surface area contributed by atoms with E-state index in [0.29, 0.717) is 24.3 Å². The van der Waals surface area contributed by atoms with E-state index in [4.69, 9.17) is 0 Å². The number of aliphatic hydroxyl groups excluding tert-OH is 1. The van der Waals surface area contributed by atoms with Crippen LogP contribution in [0.3, 0.4) is 0 Å². The van der Waals surface area contributed by atoms with Crippen molar-refractivity contribution in [1.29, 1.82) is 0 Å². The van der Waals surface area contributed by atoms with Crippen molar-refractivity contribution < 1.29 is 13.5 Å². The van der Waals surface area contributed by atoms with Crippen LogP contribution in [0.1, 0.15) is 53.8 Å². The number of aryl methyl sites for hydroxylation is 3. The normalized spacial score (nSPS) is 15.5. The van der Waals surface area contributed by atoms with Crippen LogP contribution in [0.5, 0.6) is 0 Å². The van der Waals surface area contributed by atoms with Crippen LogP contribution < -0.4 is 9.62 Å². The van der Waals surface area contributed by atoms with Crippen molar-refractivity contribution in [2.45, 2.75) is 58.1 Å². The number of hydrogen-bond acceptors (Lipinski definition) is 5. The first-order valence-corrected chi connectivity index (χ1v) is 14.6. The fraction of sp³-hybridized carbons (Fsp3) is 0.400. The number of hydrogen-bond donors (Lipinski definition) is 2. The van der Waals surface area contributed by atoms with Gasteiger partial charge in [0.1, 0.15) is 6.23 Å². The highest BCUT2D eigenvalue weighted by Gasteiger charge is 2.26. The second-order valence-electron chi connectivity index (χ2n) is 10.0. The average molecular weight is 522 g/mol. The van der Waals surface area contributed by atoms with Gasteiger partial charge in [0, 0.05) is 37.6 Å². The van der Waals surface area contributed by atoms with E-state index in [2.05, 4.69) is 48.6 Å². The van der Waals surface area contributed by atoms with Gasteiger partial charge in [-0.15, -0.1) is 0 Å². The van der Waals surface area contributed by atoms with Crippen LogP contribution in [0.4, 0.5) is 11.4 Å². The van der Waals surface area contributed by atoms with Gasteiger partial charge in [0.15, 0.2) is 0 Å². The van der Waals surface area contributed by atoms with Gasteiger partial charge in [-0.3, -0.25) is 9.62 Å². The average Bonchev–Trinajstić information content (AvgIpc) is 2.89. The van der Waals surface area contributed by atoms with E-state index in [9.17, 15) is 13.5 Å². The van der Waals surface area contributed by atoms with Crippen molar-refractivity contribution in [1.82, 2.24) is 4.90 Å². The third-order valence-corrected chi connectivity index (χ3v) is 8.82. The lowest BCUT2D eigenvalue weighted by atomic mass is 10.0. The minimum Gasteiger partial charge on any atom is -0.374 e. The summed E-state index contributed by atoms with van der Waals surface area (Å²) >= 11 is 0. The van der Waals surface area contributed by atoms with Gasteiger partial charge >= 0.3 is 0 Å². The predicted molar refractivity (Wildman–Crippen MR) is 152 cm³/mol. The highest BCUT2D eigenvalue weighted by molar-refractivity contribution is 7.92. The van der Waals surface area contributed by atoms with Crippen molar-refractivity contribution in [3.63, 3.8) is 0 Å². The molecule has 2 N–H and O–H groups in total. The minimum atomic E-state index is -3.79. The highest BCUT2D eigenvalue weighted by Crippen LogP contribution is 2.29. The minimum absolute atomic E-state index is 0.149. The lowest BCUT2D eigenvalue weighted by Crippen LogP contribution is -2.48. The molecule has 0 spiro atoms. The van der Waals surface area contributed by atoms with E-state index in [0.717, 1.165) is 37.9 Å². The molecular weight excluding hydrogens is 482 g/mol. The zero-order chi connectivity index (χ0) is 26.6. The number of nitrogens with zero attached hydrogens (tertiary/aromatic N) is 2. The van der Waals surface area contributed by atoms with Gasteiger partial charge in [0.05, 0.1) is 4.90 Å².